The SMILES string of the molecule is CCOc1cc(N)c(C#N)cc1S(C)(=O)=O. The van der Waals surface area contributed by atoms with Gasteiger partial charge in [-0.1, -0.05) is 0 Å². The zero-order valence-corrected chi connectivity index (χ0v) is 9.84. The van der Waals surface area contributed by atoms with Gasteiger partial charge < -0.3 is 10.5 Å². The van der Waals surface area contributed by atoms with Crippen LogP contribution in [0.5, 0.6) is 5.75 Å². The number of nitriles is 1. The highest BCUT2D eigenvalue weighted by molar-refractivity contribution is 7.90. The average Bonchev–Trinajstić information content (AvgIpc) is 2.16. The molecule has 0 amide bonds. The van der Waals surface area contributed by atoms with Gasteiger partial charge in [0.15, 0.2) is 9.84 Å². The summed E-state index contributed by atoms with van der Waals surface area (Å²) >= 11 is 0. The highest BCUT2D eigenvalue weighted by Crippen LogP contribution is 2.29. The fraction of sp³-hybridized carbons (Fsp3) is 0.300. The van der Waals surface area contributed by atoms with Gasteiger partial charge in [-0.25, -0.2) is 8.42 Å². The molecule has 0 unspecified atom stereocenters. The van der Waals surface area contributed by atoms with Crippen LogP contribution in [0.25, 0.3) is 0 Å². The first-order valence-corrected chi connectivity index (χ1v) is 6.45. The minimum Gasteiger partial charge on any atom is -0.492 e. The maximum absolute atomic E-state index is 11.5. The van der Waals surface area contributed by atoms with Gasteiger partial charge in [0.1, 0.15) is 16.7 Å². The molecule has 0 aromatic heterocycles. The Hall–Kier alpha value is -1.74. The molecule has 16 heavy (non-hydrogen) atoms. The third-order valence-electron chi connectivity index (χ3n) is 1.94. The van der Waals surface area contributed by atoms with Crippen molar-refractivity contribution in [2.45, 2.75) is 11.8 Å². The third-order valence-corrected chi connectivity index (χ3v) is 3.05. The predicted molar refractivity (Wildman–Crippen MR) is 59.8 cm³/mol. The molecule has 1 aromatic carbocycles. The molecule has 1 rings (SSSR count). The molecule has 0 fully saturated rings. The molecule has 2 N–H and O–H groups in total. The Balaban J connectivity index is 3.51. The van der Waals surface area contributed by atoms with Crippen molar-refractivity contribution in [3.8, 4) is 11.8 Å². The van der Waals surface area contributed by atoms with Gasteiger partial charge in [0.25, 0.3) is 0 Å². The highest BCUT2D eigenvalue weighted by Gasteiger charge is 2.17. The standard InChI is InChI=1S/C10H12N2O3S/c1-3-15-9-5-8(12)7(6-11)4-10(9)16(2,13)14/h4-5H,3,12H2,1-2H3. The number of nitrogens with two attached hydrogens (primary N) is 1. The van der Waals surface area contributed by atoms with Crippen molar-refractivity contribution in [3.63, 3.8) is 0 Å². The molecule has 0 atom stereocenters. The van der Waals surface area contributed by atoms with Gasteiger partial charge in [0.2, 0.25) is 0 Å². The van der Waals surface area contributed by atoms with E-state index >= 15 is 0 Å². The molecular weight excluding hydrogens is 228 g/mol. The van der Waals surface area contributed by atoms with E-state index in [9.17, 15) is 8.42 Å². The summed E-state index contributed by atoms with van der Waals surface area (Å²) in [6, 6.07) is 4.42. The smallest absolute Gasteiger partial charge is 0.179 e. The molecular formula is C10H12N2O3S. The van der Waals surface area contributed by atoms with Gasteiger partial charge in [-0.3, -0.25) is 0 Å². The first kappa shape index (κ1) is 12.3. The molecule has 0 aliphatic heterocycles. The molecule has 0 saturated heterocycles. The largest absolute Gasteiger partial charge is 0.492 e. The second-order valence-corrected chi connectivity index (χ2v) is 5.19. The van der Waals surface area contributed by atoms with E-state index in [1.165, 1.54) is 12.1 Å². The van der Waals surface area contributed by atoms with Crippen LogP contribution in [-0.4, -0.2) is 21.3 Å². The predicted octanol–water partition coefficient (Wildman–Crippen LogP) is 0.943. The summed E-state index contributed by atoms with van der Waals surface area (Å²) in [6.07, 6.45) is 1.06. The van der Waals surface area contributed by atoms with Gasteiger partial charge >= 0.3 is 0 Å². The van der Waals surface area contributed by atoms with E-state index in [4.69, 9.17) is 15.7 Å². The zero-order valence-electron chi connectivity index (χ0n) is 9.02. The molecule has 86 valence electrons. The van der Waals surface area contributed by atoms with E-state index in [2.05, 4.69) is 0 Å². The maximum atomic E-state index is 11.5. The Bertz CT molecular complexity index is 544. The molecule has 1 aromatic rings. The van der Waals surface area contributed by atoms with Crippen molar-refractivity contribution >= 4 is 15.5 Å². The maximum Gasteiger partial charge on any atom is 0.179 e. The summed E-state index contributed by atoms with van der Waals surface area (Å²) in [5.74, 6) is 0.182. The number of rotatable bonds is 3. The topological polar surface area (TPSA) is 93.2 Å². The number of hydrogen-bond acceptors (Lipinski definition) is 5. The van der Waals surface area contributed by atoms with Crippen molar-refractivity contribution in [2.24, 2.45) is 0 Å². The van der Waals surface area contributed by atoms with E-state index in [-0.39, 0.29) is 21.9 Å². The summed E-state index contributed by atoms with van der Waals surface area (Å²) in [5, 5.41) is 8.76. The molecule has 0 saturated carbocycles. The number of nitrogens with zero attached hydrogens (tertiary/aromatic N) is 1. The summed E-state index contributed by atoms with van der Waals surface area (Å²) in [7, 11) is -3.44. The normalized spacial score (nSPS) is 10.8. The second-order valence-electron chi connectivity index (χ2n) is 3.20. The molecule has 0 aliphatic carbocycles. The second kappa shape index (κ2) is 4.41. The fourth-order valence-corrected chi connectivity index (χ4v) is 2.05. The van der Waals surface area contributed by atoms with E-state index in [1.54, 1.807) is 6.92 Å². The lowest BCUT2D eigenvalue weighted by atomic mass is 10.2. The fourth-order valence-electron chi connectivity index (χ4n) is 1.23. The number of benzene rings is 1. The van der Waals surface area contributed by atoms with Crippen molar-refractivity contribution in [1.82, 2.24) is 0 Å². The van der Waals surface area contributed by atoms with Crippen LogP contribution in [0.2, 0.25) is 0 Å². The molecule has 0 radical (unpaired) electrons. The molecule has 0 aliphatic rings. The number of anilines is 1. The summed E-state index contributed by atoms with van der Waals surface area (Å²) in [4.78, 5) is -0.0138. The third kappa shape index (κ3) is 2.44. The van der Waals surface area contributed by atoms with Crippen LogP contribution in [-0.2, 0) is 9.84 Å². The molecule has 0 heterocycles. The number of hydrogen-bond donors (Lipinski definition) is 1. The summed E-state index contributed by atoms with van der Waals surface area (Å²) in [5.41, 5.74) is 5.91. The minimum absolute atomic E-state index is 0.0138. The Labute approximate surface area is 94.4 Å². The van der Waals surface area contributed by atoms with Gasteiger partial charge in [-0.2, -0.15) is 5.26 Å². The summed E-state index contributed by atoms with van der Waals surface area (Å²) in [6.45, 7) is 2.06. The van der Waals surface area contributed by atoms with Crippen molar-refractivity contribution in [3.05, 3.63) is 17.7 Å². The molecule has 0 bridgehead atoms. The molecule has 5 nitrogen and oxygen atoms in total. The van der Waals surface area contributed by atoms with Crippen molar-refractivity contribution in [1.29, 1.82) is 5.26 Å². The minimum atomic E-state index is -3.44. The van der Waals surface area contributed by atoms with Crippen LogP contribution in [0.15, 0.2) is 17.0 Å². The average molecular weight is 240 g/mol. The van der Waals surface area contributed by atoms with Crippen molar-refractivity contribution in [2.75, 3.05) is 18.6 Å². The summed E-state index contributed by atoms with van der Waals surface area (Å²) < 4.78 is 28.1. The lowest BCUT2D eigenvalue weighted by Crippen LogP contribution is -2.05. The quantitative estimate of drug-likeness (QED) is 0.794. The monoisotopic (exact) mass is 240 g/mol. The van der Waals surface area contributed by atoms with Gasteiger partial charge in [0, 0.05) is 12.3 Å². The highest BCUT2D eigenvalue weighted by atomic mass is 32.2. The van der Waals surface area contributed by atoms with Gasteiger partial charge in [-0.15, -0.1) is 0 Å². The van der Waals surface area contributed by atoms with Crippen LogP contribution in [0.1, 0.15) is 12.5 Å². The van der Waals surface area contributed by atoms with E-state index in [0.29, 0.717) is 6.61 Å². The Morgan fingerprint density at radius 3 is 2.56 bits per heavy atom. The van der Waals surface area contributed by atoms with Crippen LogP contribution < -0.4 is 10.5 Å². The lowest BCUT2D eigenvalue weighted by Gasteiger charge is -2.10. The zero-order chi connectivity index (χ0) is 12.3. The number of sulfone groups is 1. The van der Waals surface area contributed by atoms with Gasteiger partial charge in [0.05, 0.1) is 17.9 Å². The van der Waals surface area contributed by atoms with Gasteiger partial charge in [-0.05, 0) is 13.0 Å². The first-order valence-electron chi connectivity index (χ1n) is 4.56. The molecule has 0 spiro atoms. The van der Waals surface area contributed by atoms with Crippen LogP contribution in [0.4, 0.5) is 5.69 Å². The Morgan fingerprint density at radius 2 is 2.12 bits per heavy atom. The Kier molecular flexibility index (Phi) is 3.40. The van der Waals surface area contributed by atoms with Crippen molar-refractivity contribution < 1.29 is 13.2 Å². The van der Waals surface area contributed by atoms with Crippen LogP contribution >= 0.6 is 0 Å². The van der Waals surface area contributed by atoms with E-state index in [1.807, 2.05) is 6.07 Å². The number of ether oxygens (including phenoxy) is 1. The van der Waals surface area contributed by atoms with Crippen LogP contribution in [0.3, 0.4) is 0 Å². The Morgan fingerprint density at radius 1 is 1.50 bits per heavy atom. The van der Waals surface area contributed by atoms with Crippen LogP contribution in [0, 0.1) is 11.3 Å². The van der Waals surface area contributed by atoms with E-state index < -0.39 is 9.84 Å². The lowest BCUT2D eigenvalue weighted by molar-refractivity contribution is 0.331. The first-order chi connectivity index (χ1) is 7.40. The number of nitrogen functional groups attached to an aromatic ring is 1. The molecule has 6 heteroatoms. The van der Waals surface area contributed by atoms with E-state index in [0.717, 1.165) is 6.26 Å².